The van der Waals surface area contributed by atoms with E-state index in [0.29, 0.717) is 22.9 Å². The van der Waals surface area contributed by atoms with Gasteiger partial charge in [0.25, 0.3) is 5.91 Å². The third-order valence-corrected chi connectivity index (χ3v) is 5.33. The summed E-state index contributed by atoms with van der Waals surface area (Å²) in [4.78, 5) is 25.5. The fraction of sp³-hybridized carbons (Fsp3) is 0.333. The van der Waals surface area contributed by atoms with Crippen molar-refractivity contribution in [2.24, 2.45) is 0 Å². The molecule has 1 fully saturated rings. The number of hydrogen-bond acceptors (Lipinski definition) is 5. The van der Waals surface area contributed by atoms with Crippen LogP contribution in [0.2, 0.25) is 0 Å². The predicted molar refractivity (Wildman–Crippen MR) is 74.2 cm³/mol. The Morgan fingerprint density at radius 1 is 1.47 bits per heavy atom. The molecule has 2 unspecified atom stereocenters. The molecule has 0 radical (unpaired) electrons. The Morgan fingerprint density at radius 2 is 2.32 bits per heavy atom. The van der Waals surface area contributed by atoms with Gasteiger partial charge in [-0.3, -0.25) is 4.79 Å². The van der Waals surface area contributed by atoms with Gasteiger partial charge in [-0.15, -0.1) is 23.1 Å². The van der Waals surface area contributed by atoms with Gasteiger partial charge < -0.3 is 15.3 Å². The van der Waals surface area contributed by atoms with Crippen LogP contribution in [0.3, 0.4) is 0 Å². The summed E-state index contributed by atoms with van der Waals surface area (Å²) in [6.45, 7) is 0.562. The van der Waals surface area contributed by atoms with Crippen LogP contribution < -0.4 is 5.32 Å². The lowest BCUT2D eigenvalue weighted by Crippen LogP contribution is -2.66. The van der Waals surface area contributed by atoms with Gasteiger partial charge in [0.05, 0.1) is 16.3 Å². The first-order valence-corrected chi connectivity index (χ1v) is 7.76. The van der Waals surface area contributed by atoms with E-state index in [4.69, 9.17) is 5.11 Å². The first kappa shape index (κ1) is 12.6. The van der Waals surface area contributed by atoms with E-state index in [2.05, 4.69) is 5.32 Å². The minimum Gasteiger partial charge on any atom is -0.477 e. The molecule has 1 saturated heterocycles. The van der Waals surface area contributed by atoms with E-state index in [1.807, 2.05) is 16.3 Å². The van der Waals surface area contributed by atoms with Crippen LogP contribution in [-0.4, -0.2) is 45.6 Å². The Bertz CT molecular complexity index is 541. The summed E-state index contributed by atoms with van der Waals surface area (Å²) in [6.07, 6.45) is 1.72. The fourth-order valence-electron chi connectivity index (χ4n) is 2.24. The number of aliphatic carboxylic acids is 1. The maximum Gasteiger partial charge on any atom is 0.351 e. The molecule has 0 bridgehead atoms. The maximum absolute atomic E-state index is 11.9. The third kappa shape index (κ3) is 2.23. The smallest absolute Gasteiger partial charge is 0.351 e. The molecule has 3 rings (SSSR count). The van der Waals surface area contributed by atoms with Crippen LogP contribution >= 0.6 is 23.1 Å². The second-order valence-corrected chi connectivity index (χ2v) is 6.43. The van der Waals surface area contributed by atoms with E-state index >= 15 is 0 Å². The molecule has 0 aliphatic carbocycles. The quantitative estimate of drug-likeness (QED) is 0.877. The van der Waals surface area contributed by atoms with Crippen LogP contribution in [0.25, 0.3) is 0 Å². The van der Waals surface area contributed by atoms with Crippen molar-refractivity contribution in [2.75, 3.05) is 12.3 Å². The summed E-state index contributed by atoms with van der Waals surface area (Å²) in [5.74, 6) is -0.297. The number of hydrogen-bond donors (Lipinski definition) is 2. The normalized spacial score (nSPS) is 25.1. The molecule has 19 heavy (non-hydrogen) atoms. The van der Waals surface area contributed by atoms with E-state index in [1.165, 1.54) is 11.3 Å². The molecule has 1 aromatic rings. The number of amides is 1. The Balaban J connectivity index is 1.64. The maximum atomic E-state index is 11.9. The van der Waals surface area contributed by atoms with Crippen molar-refractivity contribution in [3.05, 3.63) is 34.2 Å². The molecule has 2 aliphatic rings. The lowest BCUT2D eigenvalue weighted by atomic mass is 10.1. The van der Waals surface area contributed by atoms with Crippen molar-refractivity contribution in [1.82, 2.24) is 10.2 Å². The van der Waals surface area contributed by atoms with Gasteiger partial charge in [-0.2, -0.15) is 0 Å². The van der Waals surface area contributed by atoms with Crippen LogP contribution in [-0.2, 0) is 4.79 Å². The van der Waals surface area contributed by atoms with Gasteiger partial charge in [0.2, 0.25) is 0 Å². The minimum absolute atomic E-state index is 0.0163. The molecule has 7 heteroatoms. The summed E-state index contributed by atoms with van der Waals surface area (Å²) in [6, 6.07) is 3.64. The number of nitrogens with zero attached hydrogens (tertiary/aromatic N) is 1. The molecule has 0 saturated carbocycles. The van der Waals surface area contributed by atoms with Gasteiger partial charge in [-0.1, -0.05) is 6.07 Å². The van der Waals surface area contributed by atoms with Gasteiger partial charge in [0.1, 0.15) is 5.70 Å². The molecule has 0 spiro atoms. The monoisotopic (exact) mass is 296 g/mol. The highest BCUT2D eigenvalue weighted by atomic mass is 32.2. The second-order valence-electron chi connectivity index (χ2n) is 4.33. The van der Waals surface area contributed by atoms with Gasteiger partial charge >= 0.3 is 5.97 Å². The summed E-state index contributed by atoms with van der Waals surface area (Å²) in [5, 5.41) is 13.9. The second kappa shape index (κ2) is 4.90. The number of carboxylic acids is 1. The fourth-order valence-corrected chi connectivity index (χ4v) is 4.09. The topological polar surface area (TPSA) is 69.6 Å². The summed E-state index contributed by atoms with van der Waals surface area (Å²) in [7, 11) is 0. The average Bonchev–Trinajstić information content (AvgIpc) is 2.89. The van der Waals surface area contributed by atoms with Gasteiger partial charge in [0, 0.05) is 12.3 Å². The van der Waals surface area contributed by atoms with Crippen molar-refractivity contribution < 1.29 is 14.7 Å². The molecule has 2 aliphatic heterocycles. The molecule has 2 atom stereocenters. The number of carbonyl (C=O) groups excluding carboxylic acids is 1. The number of nitrogens with one attached hydrogen (secondary N) is 1. The zero-order valence-corrected chi connectivity index (χ0v) is 11.5. The van der Waals surface area contributed by atoms with Crippen molar-refractivity contribution in [1.29, 1.82) is 0 Å². The molecule has 3 heterocycles. The highest BCUT2D eigenvalue weighted by Crippen LogP contribution is 2.36. The number of rotatable bonds is 3. The minimum atomic E-state index is -0.895. The van der Waals surface area contributed by atoms with Crippen LogP contribution in [0.15, 0.2) is 29.3 Å². The van der Waals surface area contributed by atoms with Crippen LogP contribution in [0.4, 0.5) is 0 Å². The first-order chi connectivity index (χ1) is 9.16. The van der Waals surface area contributed by atoms with Crippen molar-refractivity contribution in [3.8, 4) is 0 Å². The lowest BCUT2D eigenvalue weighted by Gasteiger charge is -2.50. The van der Waals surface area contributed by atoms with Gasteiger partial charge in [0.15, 0.2) is 0 Å². The van der Waals surface area contributed by atoms with Crippen molar-refractivity contribution in [3.63, 3.8) is 0 Å². The number of thioether (sulfide) groups is 1. The van der Waals surface area contributed by atoms with Crippen LogP contribution in [0, 0.1) is 0 Å². The average molecular weight is 296 g/mol. The van der Waals surface area contributed by atoms with Gasteiger partial charge in [-0.25, -0.2) is 4.79 Å². The number of carboxylic acid groups (broad SMARTS) is 1. The summed E-state index contributed by atoms with van der Waals surface area (Å²) in [5.41, 5.74) is 0.352. The molecule has 5 nitrogen and oxygen atoms in total. The SMILES string of the molecule is O=C(O)C1=CCSC2C(NC(=O)c3cccs3)CN12. The van der Waals surface area contributed by atoms with E-state index in [9.17, 15) is 9.59 Å². The number of fused-ring (bicyclic) bond motifs is 1. The number of carbonyl (C=O) groups is 2. The van der Waals surface area contributed by atoms with Gasteiger partial charge in [-0.05, 0) is 17.5 Å². The summed E-state index contributed by atoms with van der Waals surface area (Å²) < 4.78 is 0. The zero-order valence-electron chi connectivity index (χ0n) is 9.91. The summed E-state index contributed by atoms with van der Waals surface area (Å²) >= 11 is 3.06. The van der Waals surface area contributed by atoms with E-state index in [0.717, 1.165) is 0 Å². The predicted octanol–water partition coefficient (Wildman–Crippen LogP) is 1.20. The molecule has 100 valence electrons. The highest BCUT2D eigenvalue weighted by Gasteiger charge is 2.44. The van der Waals surface area contributed by atoms with Crippen LogP contribution in [0.1, 0.15) is 9.67 Å². The number of thiophene rings is 1. The molecular formula is C12H12N2O3S2. The Labute approximate surface area is 118 Å². The molecule has 0 aromatic carbocycles. The lowest BCUT2D eigenvalue weighted by molar-refractivity contribution is -0.135. The highest BCUT2D eigenvalue weighted by molar-refractivity contribution is 8.00. The van der Waals surface area contributed by atoms with E-state index in [-0.39, 0.29) is 17.3 Å². The van der Waals surface area contributed by atoms with Crippen molar-refractivity contribution in [2.45, 2.75) is 11.4 Å². The molecule has 2 N–H and O–H groups in total. The Hall–Kier alpha value is -1.47. The Morgan fingerprint density at radius 3 is 3.00 bits per heavy atom. The Kier molecular flexibility index (Phi) is 3.24. The van der Waals surface area contributed by atoms with E-state index in [1.54, 1.807) is 23.9 Å². The van der Waals surface area contributed by atoms with Crippen LogP contribution in [0.5, 0.6) is 0 Å². The van der Waals surface area contributed by atoms with E-state index < -0.39 is 5.97 Å². The largest absolute Gasteiger partial charge is 0.477 e. The molecular weight excluding hydrogens is 284 g/mol. The van der Waals surface area contributed by atoms with Crippen molar-refractivity contribution >= 4 is 35.0 Å². The standard InChI is InChI=1S/C12H12N2O3S2/c15-10(9-2-1-4-18-9)13-7-6-14-8(12(16)17)3-5-19-11(7)14/h1-4,7,11H,5-6H2,(H,13,15)(H,16,17). The zero-order chi connectivity index (χ0) is 13.4. The molecule has 1 aromatic heterocycles. The first-order valence-electron chi connectivity index (χ1n) is 5.83. The third-order valence-electron chi connectivity index (χ3n) is 3.18. The molecule has 1 amide bonds.